The number of nitrogens with two attached hydrogens (primary N) is 1. The molecule has 0 amide bonds. The van der Waals surface area contributed by atoms with Crippen LogP contribution in [-0.2, 0) is 0 Å². The molecule has 0 aromatic rings. The summed E-state index contributed by atoms with van der Waals surface area (Å²) in [6.45, 7) is 10.7. The fourth-order valence-corrected chi connectivity index (χ4v) is 5.13. The molecule has 5 unspecified atom stereocenters. The van der Waals surface area contributed by atoms with Crippen molar-refractivity contribution in [2.24, 2.45) is 28.4 Å². The maximum atomic E-state index is 11.1. The van der Waals surface area contributed by atoms with Gasteiger partial charge in [-0.2, -0.15) is 0 Å². The molecule has 5 atom stereocenters. The first-order valence-electron chi connectivity index (χ1n) is 10.5. The van der Waals surface area contributed by atoms with Crippen LogP contribution in [0.15, 0.2) is 0 Å². The van der Waals surface area contributed by atoms with E-state index in [0.717, 1.165) is 12.8 Å². The maximum absolute atomic E-state index is 11.1. The summed E-state index contributed by atoms with van der Waals surface area (Å²) in [5, 5.41) is 10.3. The number of aliphatic hydroxyl groups is 1. The third-order valence-corrected chi connectivity index (χ3v) is 6.54. The minimum absolute atomic E-state index is 0.0690. The zero-order valence-corrected chi connectivity index (χ0v) is 17.8. The summed E-state index contributed by atoms with van der Waals surface area (Å²) in [4.78, 5) is 0. The van der Waals surface area contributed by atoms with Crippen molar-refractivity contribution in [1.29, 1.82) is 0 Å². The molecule has 2 aliphatic rings. The Labute approximate surface area is 161 Å². The highest BCUT2D eigenvalue weighted by molar-refractivity contribution is 5.03. The van der Waals surface area contributed by atoms with E-state index in [2.05, 4.69) is 39.5 Å². The van der Waals surface area contributed by atoms with E-state index < -0.39 is 0 Å². The van der Waals surface area contributed by atoms with Crippen LogP contribution in [0.3, 0.4) is 0 Å². The lowest BCUT2D eigenvalue weighted by molar-refractivity contribution is -0.0220. The Morgan fingerprint density at radius 3 is 2.50 bits per heavy atom. The van der Waals surface area contributed by atoms with Gasteiger partial charge in [0.1, 0.15) is 6.67 Å². The van der Waals surface area contributed by atoms with Crippen LogP contribution in [0.1, 0.15) is 92.4 Å². The second-order valence-electron chi connectivity index (χ2n) is 9.74. The van der Waals surface area contributed by atoms with E-state index in [0.29, 0.717) is 35.1 Å². The second kappa shape index (κ2) is 10.7. The van der Waals surface area contributed by atoms with Gasteiger partial charge in [0.2, 0.25) is 0 Å². The van der Waals surface area contributed by atoms with Gasteiger partial charge in [0.05, 0.1) is 6.10 Å². The van der Waals surface area contributed by atoms with Gasteiger partial charge in [-0.15, -0.1) is 11.8 Å². The fourth-order valence-electron chi connectivity index (χ4n) is 5.13. The van der Waals surface area contributed by atoms with E-state index in [-0.39, 0.29) is 12.8 Å². The quantitative estimate of drug-likeness (QED) is 0.632. The molecule has 3 N–H and O–H groups in total. The lowest BCUT2D eigenvalue weighted by atomic mass is 9.62. The molecule has 0 aromatic heterocycles. The Morgan fingerprint density at radius 1 is 1.27 bits per heavy atom. The largest absolute Gasteiger partial charge is 0.393 e. The SMILES string of the molecule is CC#CCCF.CC(C)(C)CCCC(N)C1CCC2C(O)CCCC12C. The highest BCUT2D eigenvalue weighted by atomic mass is 19.1. The van der Waals surface area contributed by atoms with Crippen molar-refractivity contribution in [2.75, 3.05) is 6.67 Å². The molecule has 152 valence electrons. The number of hydrogen-bond acceptors (Lipinski definition) is 2. The normalized spacial score (nSPS) is 31.9. The van der Waals surface area contributed by atoms with Gasteiger partial charge in [0.25, 0.3) is 0 Å². The molecule has 0 heterocycles. The third-order valence-electron chi connectivity index (χ3n) is 6.54. The number of fused-ring (bicyclic) bond motifs is 1. The number of hydrogen-bond donors (Lipinski definition) is 2. The van der Waals surface area contributed by atoms with Crippen LogP contribution in [0.25, 0.3) is 0 Å². The topological polar surface area (TPSA) is 46.2 Å². The molecular formula is C23H42FNO. The van der Waals surface area contributed by atoms with E-state index in [9.17, 15) is 9.50 Å². The van der Waals surface area contributed by atoms with Crippen molar-refractivity contribution in [3.05, 3.63) is 0 Å². The monoisotopic (exact) mass is 367 g/mol. The predicted molar refractivity (Wildman–Crippen MR) is 110 cm³/mol. The Hall–Kier alpha value is -0.590. The van der Waals surface area contributed by atoms with E-state index in [1.807, 2.05) is 0 Å². The first-order valence-corrected chi connectivity index (χ1v) is 10.5. The van der Waals surface area contributed by atoms with Crippen LogP contribution < -0.4 is 5.73 Å². The van der Waals surface area contributed by atoms with Crippen molar-refractivity contribution in [3.63, 3.8) is 0 Å². The number of rotatable bonds is 5. The van der Waals surface area contributed by atoms with Gasteiger partial charge < -0.3 is 10.8 Å². The van der Waals surface area contributed by atoms with Gasteiger partial charge >= 0.3 is 0 Å². The molecule has 0 aliphatic heterocycles. The summed E-state index contributed by atoms with van der Waals surface area (Å²) in [6.07, 6.45) is 9.85. The molecule has 0 spiro atoms. The fraction of sp³-hybridized carbons (Fsp3) is 0.913. The van der Waals surface area contributed by atoms with Crippen molar-refractivity contribution in [2.45, 2.75) is 105 Å². The summed E-state index contributed by atoms with van der Waals surface area (Å²) in [5.74, 6) is 6.29. The molecule has 0 aromatic carbocycles. The molecule has 2 fully saturated rings. The van der Waals surface area contributed by atoms with Crippen LogP contribution in [0.4, 0.5) is 4.39 Å². The average Bonchev–Trinajstić information content (AvgIpc) is 2.90. The number of aliphatic hydroxyl groups excluding tert-OH is 1. The summed E-state index contributed by atoms with van der Waals surface area (Å²) in [5.41, 5.74) is 7.29. The maximum Gasteiger partial charge on any atom is 0.100 e. The smallest absolute Gasteiger partial charge is 0.100 e. The third kappa shape index (κ3) is 6.86. The summed E-state index contributed by atoms with van der Waals surface area (Å²) >= 11 is 0. The minimum atomic E-state index is -0.319. The highest BCUT2D eigenvalue weighted by Crippen LogP contribution is 2.56. The molecule has 2 saturated carbocycles. The first-order chi connectivity index (χ1) is 12.2. The van der Waals surface area contributed by atoms with E-state index >= 15 is 0 Å². The molecule has 2 rings (SSSR count). The van der Waals surface area contributed by atoms with Crippen molar-refractivity contribution < 1.29 is 9.50 Å². The zero-order chi connectivity index (χ0) is 19.8. The molecule has 0 radical (unpaired) electrons. The molecule has 3 heteroatoms. The molecule has 0 saturated heterocycles. The van der Waals surface area contributed by atoms with Gasteiger partial charge in [-0.3, -0.25) is 4.39 Å². The van der Waals surface area contributed by atoms with Crippen LogP contribution in [0.2, 0.25) is 0 Å². The van der Waals surface area contributed by atoms with Gasteiger partial charge in [-0.1, -0.05) is 40.5 Å². The van der Waals surface area contributed by atoms with Gasteiger partial charge in [0, 0.05) is 12.5 Å². The second-order valence-corrected chi connectivity index (χ2v) is 9.74. The molecule has 0 bridgehead atoms. The van der Waals surface area contributed by atoms with Gasteiger partial charge in [-0.25, -0.2) is 0 Å². The van der Waals surface area contributed by atoms with Crippen molar-refractivity contribution >= 4 is 0 Å². The summed E-state index contributed by atoms with van der Waals surface area (Å²) in [6, 6.07) is 0.331. The van der Waals surface area contributed by atoms with Gasteiger partial charge in [-0.05, 0) is 68.1 Å². The van der Waals surface area contributed by atoms with Crippen LogP contribution in [0.5, 0.6) is 0 Å². The Kier molecular flexibility index (Phi) is 9.62. The van der Waals surface area contributed by atoms with Crippen molar-refractivity contribution in [3.8, 4) is 11.8 Å². The molecule has 2 nitrogen and oxygen atoms in total. The number of alkyl halides is 1. The molecule has 2 aliphatic carbocycles. The van der Waals surface area contributed by atoms with E-state index in [1.165, 1.54) is 38.5 Å². The van der Waals surface area contributed by atoms with E-state index in [1.54, 1.807) is 6.92 Å². The lowest BCUT2D eigenvalue weighted by Gasteiger charge is -2.45. The zero-order valence-electron chi connectivity index (χ0n) is 17.8. The number of halogens is 1. The van der Waals surface area contributed by atoms with Crippen LogP contribution in [0, 0.1) is 34.5 Å². The van der Waals surface area contributed by atoms with Crippen molar-refractivity contribution in [1.82, 2.24) is 0 Å². The minimum Gasteiger partial charge on any atom is -0.393 e. The van der Waals surface area contributed by atoms with Gasteiger partial charge in [0.15, 0.2) is 0 Å². The molecule has 26 heavy (non-hydrogen) atoms. The standard InChI is InChI=1S/C18H35NO.C5H7F/c1-17(2,3)11-5-7-15(19)13-9-10-14-16(20)8-6-12-18(13,14)4;1-2-3-4-5-6/h13-16,20H,5-12,19H2,1-4H3;4-5H2,1H3. The Balaban J connectivity index is 0.000000487. The summed E-state index contributed by atoms with van der Waals surface area (Å²) in [7, 11) is 0. The van der Waals surface area contributed by atoms with E-state index in [4.69, 9.17) is 5.73 Å². The summed E-state index contributed by atoms with van der Waals surface area (Å²) < 4.78 is 11.1. The molecular weight excluding hydrogens is 325 g/mol. The average molecular weight is 368 g/mol. The first kappa shape index (κ1) is 23.4. The van der Waals surface area contributed by atoms with Crippen LogP contribution >= 0.6 is 0 Å². The van der Waals surface area contributed by atoms with Crippen LogP contribution in [-0.4, -0.2) is 23.9 Å². The lowest BCUT2D eigenvalue weighted by Crippen LogP contribution is -2.45. The highest BCUT2D eigenvalue weighted by Gasteiger charge is 2.52. The predicted octanol–water partition coefficient (Wildman–Crippen LogP) is 5.48. The Morgan fingerprint density at radius 2 is 1.96 bits per heavy atom. The Bertz CT molecular complexity index is 461.